The van der Waals surface area contributed by atoms with Crippen LogP contribution in [-0.4, -0.2) is 26.2 Å². The summed E-state index contributed by atoms with van der Waals surface area (Å²) in [5.74, 6) is 0.815. The van der Waals surface area contributed by atoms with Crippen molar-refractivity contribution in [2.24, 2.45) is 5.73 Å². The van der Waals surface area contributed by atoms with Gasteiger partial charge in [-0.15, -0.1) is 13.2 Å². The maximum atomic E-state index is 11.8. The first-order valence-electron chi connectivity index (χ1n) is 5.76. The van der Waals surface area contributed by atoms with E-state index in [4.69, 9.17) is 15.2 Å². The molecule has 0 spiro atoms. The Labute approximate surface area is 109 Å². The number of hydrogen-bond acceptors (Lipinski definition) is 4. The number of rotatable bonds is 7. The maximum Gasteiger partial charge on any atom is 0.522 e. The van der Waals surface area contributed by atoms with Crippen molar-refractivity contribution in [1.82, 2.24) is 0 Å². The van der Waals surface area contributed by atoms with E-state index in [1.54, 1.807) is 25.1 Å². The van der Waals surface area contributed by atoms with Crippen molar-refractivity contribution in [1.29, 1.82) is 0 Å². The molecule has 0 amide bonds. The Morgan fingerprint density at radius 3 is 2.47 bits per heavy atom. The molecule has 19 heavy (non-hydrogen) atoms. The lowest BCUT2D eigenvalue weighted by Gasteiger charge is -2.15. The van der Waals surface area contributed by atoms with Crippen molar-refractivity contribution in [3.8, 4) is 11.5 Å². The molecule has 0 saturated carbocycles. The van der Waals surface area contributed by atoms with E-state index in [0.29, 0.717) is 23.7 Å². The molecule has 1 aromatic rings. The third-order valence-electron chi connectivity index (χ3n) is 2.18. The monoisotopic (exact) mass is 279 g/mol. The zero-order chi connectivity index (χ0) is 14.3. The molecule has 108 valence electrons. The first kappa shape index (κ1) is 15.6. The van der Waals surface area contributed by atoms with Gasteiger partial charge in [-0.25, -0.2) is 0 Å². The molecule has 0 aromatic heterocycles. The fourth-order valence-corrected chi connectivity index (χ4v) is 1.46. The van der Waals surface area contributed by atoms with Crippen LogP contribution in [0.1, 0.15) is 12.5 Å². The molecule has 0 saturated heterocycles. The predicted octanol–water partition coefficient (Wildman–Crippen LogP) is 2.46. The number of alkyl halides is 3. The first-order valence-corrected chi connectivity index (χ1v) is 5.76. The topological polar surface area (TPSA) is 53.7 Å². The smallest absolute Gasteiger partial charge is 0.490 e. The quantitative estimate of drug-likeness (QED) is 0.779. The highest BCUT2D eigenvalue weighted by Gasteiger charge is 2.28. The van der Waals surface area contributed by atoms with Crippen LogP contribution in [0, 0.1) is 0 Å². The third kappa shape index (κ3) is 5.35. The third-order valence-corrected chi connectivity index (χ3v) is 2.18. The van der Waals surface area contributed by atoms with E-state index in [1.807, 2.05) is 0 Å². The molecule has 4 nitrogen and oxygen atoms in total. The van der Waals surface area contributed by atoms with Gasteiger partial charge in [0.05, 0.1) is 13.2 Å². The fourth-order valence-electron chi connectivity index (χ4n) is 1.46. The lowest BCUT2D eigenvalue weighted by atomic mass is 10.2. The van der Waals surface area contributed by atoms with E-state index in [-0.39, 0.29) is 13.2 Å². The Hall–Kier alpha value is -1.47. The summed E-state index contributed by atoms with van der Waals surface area (Å²) in [7, 11) is 0. The van der Waals surface area contributed by atoms with Gasteiger partial charge in [0.1, 0.15) is 6.61 Å². The number of nitrogens with two attached hydrogens (primary N) is 1. The van der Waals surface area contributed by atoms with E-state index >= 15 is 0 Å². The van der Waals surface area contributed by atoms with Gasteiger partial charge in [0, 0.05) is 12.1 Å². The molecule has 0 fully saturated rings. The molecule has 0 radical (unpaired) electrons. The van der Waals surface area contributed by atoms with Crippen molar-refractivity contribution in [3.05, 3.63) is 23.8 Å². The molecular weight excluding hydrogens is 263 g/mol. The molecule has 1 aromatic carbocycles. The van der Waals surface area contributed by atoms with E-state index in [1.165, 1.54) is 0 Å². The summed E-state index contributed by atoms with van der Waals surface area (Å²) in [5, 5.41) is 0. The van der Waals surface area contributed by atoms with E-state index in [0.717, 1.165) is 0 Å². The van der Waals surface area contributed by atoms with Gasteiger partial charge >= 0.3 is 6.36 Å². The number of para-hydroxylation sites is 1. The van der Waals surface area contributed by atoms with Crippen molar-refractivity contribution < 1.29 is 27.4 Å². The molecule has 0 aliphatic heterocycles. The van der Waals surface area contributed by atoms with Crippen molar-refractivity contribution in [2.45, 2.75) is 19.8 Å². The van der Waals surface area contributed by atoms with Crippen LogP contribution < -0.4 is 15.2 Å². The zero-order valence-corrected chi connectivity index (χ0v) is 10.5. The SMILES string of the molecule is CCOc1cccc(CN)c1OCCOC(F)(F)F. The van der Waals surface area contributed by atoms with Crippen molar-refractivity contribution in [2.75, 3.05) is 19.8 Å². The van der Waals surface area contributed by atoms with Gasteiger partial charge in [0.25, 0.3) is 0 Å². The summed E-state index contributed by atoms with van der Waals surface area (Å²) in [4.78, 5) is 0. The summed E-state index contributed by atoms with van der Waals surface area (Å²) >= 11 is 0. The van der Waals surface area contributed by atoms with Gasteiger partial charge in [-0.2, -0.15) is 0 Å². The van der Waals surface area contributed by atoms with Crippen LogP contribution in [-0.2, 0) is 11.3 Å². The first-order chi connectivity index (χ1) is 8.98. The summed E-state index contributed by atoms with van der Waals surface area (Å²) in [6, 6.07) is 5.14. The standard InChI is InChI=1S/C12H16F3NO3/c1-2-17-10-5-3-4-9(8-16)11(10)18-6-7-19-12(13,14)15/h3-5H,2,6-8,16H2,1H3. The zero-order valence-electron chi connectivity index (χ0n) is 10.5. The van der Waals surface area contributed by atoms with E-state index in [2.05, 4.69) is 4.74 Å². The van der Waals surface area contributed by atoms with Gasteiger partial charge in [-0.3, -0.25) is 4.74 Å². The van der Waals surface area contributed by atoms with Gasteiger partial charge in [0.15, 0.2) is 11.5 Å². The lowest BCUT2D eigenvalue weighted by Crippen LogP contribution is -2.18. The number of benzene rings is 1. The van der Waals surface area contributed by atoms with Crippen LogP contribution in [0.25, 0.3) is 0 Å². The van der Waals surface area contributed by atoms with Crippen LogP contribution in [0.4, 0.5) is 13.2 Å². The minimum Gasteiger partial charge on any atom is -0.490 e. The molecule has 0 aliphatic rings. The summed E-state index contributed by atoms with van der Waals surface area (Å²) in [6.45, 7) is 1.59. The van der Waals surface area contributed by atoms with E-state index in [9.17, 15) is 13.2 Å². The Morgan fingerprint density at radius 1 is 1.16 bits per heavy atom. The normalized spacial score (nSPS) is 11.4. The second kappa shape index (κ2) is 7.20. The second-order valence-electron chi connectivity index (χ2n) is 3.52. The predicted molar refractivity (Wildman–Crippen MR) is 63.0 cm³/mol. The molecule has 0 heterocycles. The Balaban J connectivity index is 2.64. The largest absolute Gasteiger partial charge is 0.522 e. The molecular formula is C12H16F3NO3. The molecule has 1 rings (SSSR count). The molecule has 7 heteroatoms. The Bertz CT molecular complexity index is 396. The number of hydrogen-bond donors (Lipinski definition) is 1. The average molecular weight is 279 g/mol. The maximum absolute atomic E-state index is 11.8. The summed E-state index contributed by atoms with van der Waals surface area (Å²) < 4.78 is 49.7. The Morgan fingerprint density at radius 2 is 1.89 bits per heavy atom. The second-order valence-corrected chi connectivity index (χ2v) is 3.52. The average Bonchev–Trinajstić information content (AvgIpc) is 2.35. The van der Waals surface area contributed by atoms with Gasteiger partial charge < -0.3 is 15.2 Å². The van der Waals surface area contributed by atoms with Crippen LogP contribution >= 0.6 is 0 Å². The number of halogens is 3. The number of ether oxygens (including phenoxy) is 3. The molecule has 0 atom stereocenters. The van der Waals surface area contributed by atoms with Crippen LogP contribution in [0.15, 0.2) is 18.2 Å². The molecule has 0 unspecified atom stereocenters. The fraction of sp³-hybridized carbons (Fsp3) is 0.500. The Kier molecular flexibility index (Phi) is 5.91. The highest BCUT2D eigenvalue weighted by Crippen LogP contribution is 2.31. The minimum absolute atomic E-state index is 0.205. The molecule has 0 aliphatic carbocycles. The van der Waals surface area contributed by atoms with Gasteiger partial charge in [-0.05, 0) is 13.0 Å². The van der Waals surface area contributed by atoms with Crippen LogP contribution in [0.2, 0.25) is 0 Å². The van der Waals surface area contributed by atoms with Crippen molar-refractivity contribution in [3.63, 3.8) is 0 Å². The molecule has 2 N–H and O–H groups in total. The summed E-state index contributed by atoms with van der Waals surface area (Å²) in [5.41, 5.74) is 6.21. The highest BCUT2D eigenvalue weighted by molar-refractivity contribution is 5.46. The minimum atomic E-state index is -4.65. The molecule has 0 bridgehead atoms. The van der Waals surface area contributed by atoms with Gasteiger partial charge in [0.2, 0.25) is 0 Å². The summed E-state index contributed by atoms with van der Waals surface area (Å²) in [6.07, 6.45) is -4.65. The highest BCUT2D eigenvalue weighted by atomic mass is 19.4. The van der Waals surface area contributed by atoms with Crippen LogP contribution in [0.3, 0.4) is 0 Å². The lowest BCUT2D eigenvalue weighted by molar-refractivity contribution is -0.325. The van der Waals surface area contributed by atoms with Gasteiger partial charge in [-0.1, -0.05) is 12.1 Å². The van der Waals surface area contributed by atoms with E-state index < -0.39 is 13.0 Å². The van der Waals surface area contributed by atoms with Crippen molar-refractivity contribution >= 4 is 0 Å². The van der Waals surface area contributed by atoms with Crippen LogP contribution in [0.5, 0.6) is 11.5 Å².